The maximum absolute atomic E-state index is 4.78. The van der Waals surface area contributed by atoms with Crippen LogP contribution in [0.4, 0.5) is 0 Å². The summed E-state index contributed by atoms with van der Waals surface area (Å²) in [6.07, 6.45) is 4.11. The number of benzene rings is 3. The lowest BCUT2D eigenvalue weighted by molar-refractivity contribution is 1.16. The van der Waals surface area contributed by atoms with E-state index in [1.165, 1.54) is 0 Å². The van der Waals surface area contributed by atoms with E-state index in [9.17, 15) is 0 Å². The molecule has 0 aliphatic heterocycles. The smallest absolute Gasteiger partial charge is 0.160 e. The Morgan fingerprint density at radius 3 is 1.77 bits per heavy atom. The van der Waals surface area contributed by atoms with Crippen LogP contribution in [0.15, 0.2) is 97.1 Å². The summed E-state index contributed by atoms with van der Waals surface area (Å²) in [6.45, 7) is 0. The van der Waals surface area contributed by atoms with Crippen molar-refractivity contribution in [3.8, 4) is 22.6 Å². The second-order valence-corrected chi connectivity index (χ2v) is 5.98. The fourth-order valence-corrected chi connectivity index (χ4v) is 2.77. The van der Waals surface area contributed by atoms with Gasteiger partial charge in [-0.05, 0) is 17.7 Å². The van der Waals surface area contributed by atoms with E-state index in [4.69, 9.17) is 9.97 Å². The standard InChI is InChI=1S/C24H18N2/c1-4-10-19(11-5-1)16-17-22-18-23(20-12-6-2-7-13-20)26-24(25-22)21-14-8-3-9-15-21/h1-18H/b17-16+. The number of hydrogen-bond donors (Lipinski definition) is 0. The average Bonchev–Trinajstić information content (AvgIpc) is 2.74. The van der Waals surface area contributed by atoms with E-state index in [1.54, 1.807) is 0 Å². The molecule has 0 N–H and O–H groups in total. The van der Waals surface area contributed by atoms with Crippen molar-refractivity contribution in [2.75, 3.05) is 0 Å². The molecule has 0 unspecified atom stereocenters. The van der Waals surface area contributed by atoms with Crippen LogP contribution in [0, 0.1) is 0 Å². The zero-order valence-electron chi connectivity index (χ0n) is 14.3. The molecule has 0 saturated heterocycles. The Labute approximate surface area is 153 Å². The average molecular weight is 334 g/mol. The first-order valence-electron chi connectivity index (χ1n) is 8.61. The Kier molecular flexibility index (Phi) is 4.66. The van der Waals surface area contributed by atoms with Crippen LogP contribution < -0.4 is 0 Å². The summed E-state index contributed by atoms with van der Waals surface area (Å²) in [5, 5.41) is 0. The van der Waals surface area contributed by atoms with E-state index in [2.05, 4.69) is 30.3 Å². The highest BCUT2D eigenvalue weighted by molar-refractivity contribution is 5.72. The van der Waals surface area contributed by atoms with Crippen LogP contribution in [0.2, 0.25) is 0 Å². The van der Waals surface area contributed by atoms with Gasteiger partial charge in [0.05, 0.1) is 11.4 Å². The number of aromatic nitrogens is 2. The summed E-state index contributed by atoms with van der Waals surface area (Å²) in [7, 11) is 0. The largest absolute Gasteiger partial charge is 0.229 e. The van der Waals surface area contributed by atoms with Gasteiger partial charge >= 0.3 is 0 Å². The third-order valence-electron chi connectivity index (χ3n) is 4.09. The summed E-state index contributed by atoms with van der Waals surface area (Å²) in [5.74, 6) is 0.736. The second-order valence-electron chi connectivity index (χ2n) is 5.98. The highest BCUT2D eigenvalue weighted by Gasteiger charge is 2.07. The summed E-state index contributed by atoms with van der Waals surface area (Å²) in [4.78, 5) is 9.53. The normalized spacial score (nSPS) is 10.9. The van der Waals surface area contributed by atoms with E-state index in [0.717, 1.165) is 33.9 Å². The molecule has 2 heteroatoms. The molecular formula is C24H18N2. The van der Waals surface area contributed by atoms with Crippen molar-refractivity contribution < 1.29 is 0 Å². The van der Waals surface area contributed by atoms with Crippen molar-refractivity contribution in [1.82, 2.24) is 9.97 Å². The van der Waals surface area contributed by atoms with Crippen LogP contribution in [-0.2, 0) is 0 Å². The van der Waals surface area contributed by atoms with E-state index < -0.39 is 0 Å². The molecule has 0 saturated carbocycles. The molecular weight excluding hydrogens is 316 g/mol. The van der Waals surface area contributed by atoms with E-state index in [0.29, 0.717) is 0 Å². The van der Waals surface area contributed by atoms with Gasteiger partial charge < -0.3 is 0 Å². The lowest BCUT2D eigenvalue weighted by Gasteiger charge is -2.07. The maximum Gasteiger partial charge on any atom is 0.160 e. The molecule has 2 nitrogen and oxygen atoms in total. The van der Waals surface area contributed by atoms with Crippen molar-refractivity contribution >= 4 is 12.2 Å². The molecule has 4 rings (SSSR count). The third-order valence-corrected chi connectivity index (χ3v) is 4.09. The van der Waals surface area contributed by atoms with Gasteiger partial charge in [-0.25, -0.2) is 9.97 Å². The minimum absolute atomic E-state index is 0.736. The molecule has 0 radical (unpaired) electrons. The lowest BCUT2D eigenvalue weighted by atomic mass is 10.1. The van der Waals surface area contributed by atoms with Crippen LogP contribution in [0.3, 0.4) is 0 Å². The van der Waals surface area contributed by atoms with Gasteiger partial charge in [0, 0.05) is 11.1 Å². The molecule has 1 aromatic heterocycles. The van der Waals surface area contributed by atoms with Crippen LogP contribution in [0.5, 0.6) is 0 Å². The van der Waals surface area contributed by atoms with Gasteiger partial charge in [-0.2, -0.15) is 0 Å². The SMILES string of the molecule is C(=C\c1cc(-c2ccccc2)nc(-c2ccccc2)n1)/c1ccccc1. The predicted octanol–water partition coefficient (Wildman–Crippen LogP) is 5.98. The topological polar surface area (TPSA) is 25.8 Å². The number of nitrogens with zero attached hydrogens (tertiary/aromatic N) is 2. The second kappa shape index (κ2) is 7.58. The number of hydrogen-bond acceptors (Lipinski definition) is 2. The fraction of sp³-hybridized carbons (Fsp3) is 0. The van der Waals surface area contributed by atoms with Gasteiger partial charge in [-0.1, -0.05) is 97.1 Å². The first-order chi connectivity index (χ1) is 12.9. The molecule has 0 aliphatic rings. The highest BCUT2D eigenvalue weighted by Crippen LogP contribution is 2.23. The molecule has 4 aromatic rings. The Balaban J connectivity index is 1.79. The van der Waals surface area contributed by atoms with Crippen molar-refractivity contribution in [3.05, 3.63) is 108 Å². The van der Waals surface area contributed by atoms with E-state index in [-0.39, 0.29) is 0 Å². The van der Waals surface area contributed by atoms with Crippen molar-refractivity contribution in [1.29, 1.82) is 0 Å². The monoisotopic (exact) mass is 334 g/mol. The summed E-state index contributed by atoms with van der Waals surface area (Å²) < 4.78 is 0. The predicted molar refractivity (Wildman–Crippen MR) is 108 cm³/mol. The summed E-state index contributed by atoms with van der Waals surface area (Å²) in [6, 6.07) is 32.6. The molecule has 0 amide bonds. The van der Waals surface area contributed by atoms with E-state index >= 15 is 0 Å². The van der Waals surface area contributed by atoms with Crippen molar-refractivity contribution in [3.63, 3.8) is 0 Å². The van der Waals surface area contributed by atoms with Crippen molar-refractivity contribution in [2.45, 2.75) is 0 Å². The maximum atomic E-state index is 4.78. The molecule has 26 heavy (non-hydrogen) atoms. The fourth-order valence-electron chi connectivity index (χ4n) is 2.77. The zero-order valence-corrected chi connectivity index (χ0v) is 14.3. The first kappa shape index (κ1) is 16.0. The molecule has 1 heterocycles. The van der Waals surface area contributed by atoms with Gasteiger partial charge in [0.15, 0.2) is 5.82 Å². The minimum Gasteiger partial charge on any atom is -0.229 e. The third kappa shape index (κ3) is 3.76. The molecule has 0 fully saturated rings. The summed E-state index contributed by atoms with van der Waals surface area (Å²) >= 11 is 0. The quantitative estimate of drug-likeness (QED) is 0.459. The highest BCUT2D eigenvalue weighted by atomic mass is 14.9. The van der Waals surface area contributed by atoms with Gasteiger partial charge in [-0.15, -0.1) is 0 Å². The molecule has 124 valence electrons. The van der Waals surface area contributed by atoms with E-state index in [1.807, 2.05) is 78.9 Å². The van der Waals surface area contributed by atoms with Crippen LogP contribution in [0.25, 0.3) is 34.8 Å². The van der Waals surface area contributed by atoms with Crippen LogP contribution in [0.1, 0.15) is 11.3 Å². The van der Waals surface area contributed by atoms with Gasteiger partial charge in [0.25, 0.3) is 0 Å². The molecule has 0 spiro atoms. The number of rotatable bonds is 4. The summed E-state index contributed by atoms with van der Waals surface area (Å²) in [5.41, 5.74) is 5.06. The van der Waals surface area contributed by atoms with Crippen LogP contribution >= 0.6 is 0 Å². The molecule has 0 bridgehead atoms. The van der Waals surface area contributed by atoms with Gasteiger partial charge in [0.2, 0.25) is 0 Å². The zero-order chi connectivity index (χ0) is 17.6. The molecule has 0 aliphatic carbocycles. The van der Waals surface area contributed by atoms with Crippen molar-refractivity contribution in [2.24, 2.45) is 0 Å². The Morgan fingerprint density at radius 2 is 1.12 bits per heavy atom. The first-order valence-corrected chi connectivity index (χ1v) is 8.61. The minimum atomic E-state index is 0.736. The molecule has 3 aromatic carbocycles. The van der Waals surface area contributed by atoms with Crippen LogP contribution in [-0.4, -0.2) is 9.97 Å². The lowest BCUT2D eigenvalue weighted by Crippen LogP contribution is -1.95. The Hall–Kier alpha value is -3.52. The van der Waals surface area contributed by atoms with Gasteiger partial charge in [0.1, 0.15) is 0 Å². The van der Waals surface area contributed by atoms with Gasteiger partial charge in [-0.3, -0.25) is 0 Å². The Morgan fingerprint density at radius 1 is 0.538 bits per heavy atom. The Bertz CT molecular complexity index is 950. The molecule has 0 atom stereocenters.